The maximum absolute atomic E-state index is 14.0. The van der Waals surface area contributed by atoms with Crippen LogP contribution in [0.2, 0.25) is 0 Å². The first-order valence-corrected chi connectivity index (χ1v) is 13.9. The second-order valence-electron chi connectivity index (χ2n) is 10.5. The molecule has 2 N–H and O–H groups in total. The van der Waals surface area contributed by atoms with Gasteiger partial charge in [-0.15, -0.1) is 0 Å². The number of carbonyl (C=O) groups excluding carboxylic acids is 2. The van der Waals surface area contributed by atoms with Gasteiger partial charge in [0, 0.05) is 40.6 Å². The first kappa shape index (κ1) is 28.0. The molecule has 2 aliphatic rings. The molecular weight excluding hydrogens is 516 g/mol. The molecule has 0 saturated carbocycles. The van der Waals surface area contributed by atoms with Crippen molar-refractivity contribution in [3.8, 4) is 17.2 Å². The van der Waals surface area contributed by atoms with E-state index in [0.29, 0.717) is 47.8 Å². The lowest BCUT2D eigenvalue weighted by atomic mass is 9.71. The van der Waals surface area contributed by atoms with Crippen molar-refractivity contribution in [2.45, 2.75) is 45.4 Å². The minimum atomic E-state index is -0.508. The molecule has 2 atom stereocenters. The average molecular weight is 553 g/mol. The Morgan fingerprint density at radius 1 is 0.902 bits per heavy atom. The fourth-order valence-electron chi connectivity index (χ4n) is 5.77. The van der Waals surface area contributed by atoms with Gasteiger partial charge in [0.15, 0.2) is 17.3 Å². The topological polar surface area (TPSA) is 85.9 Å². The van der Waals surface area contributed by atoms with E-state index in [9.17, 15) is 9.59 Å². The van der Waals surface area contributed by atoms with Crippen molar-refractivity contribution in [2.24, 2.45) is 0 Å². The summed E-state index contributed by atoms with van der Waals surface area (Å²) in [5, 5.41) is 6.50. The number of ether oxygens (including phenoxy) is 3. The Kier molecular flexibility index (Phi) is 8.15. The Bertz CT molecular complexity index is 1520. The summed E-state index contributed by atoms with van der Waals surface area (Å²) < 4.78 is 16.6. The Morgan fingerprint density at radius 3 is 2.24 bits per heavy atom. The number of hydrogen-bond donors (Lipinski definition) is 2. The van der Waals surface area contributed by atoms with Crippen molar-refractivity contribution < 1.29 is 23.8 Å². The van der Waals surface area contributed by atoms with Crippen molar-refractivity contribution in [1.29, 1.82) is 0 Å². The monoisotopic (exact) mass is 552 g/mol. The average Bonchev–Trinajstić information content (AvgIpc) is 2.97. The number of Topliss-reactive ketones (excluding diaryl/α,β-unsaturated/α-hetero) is 1. The van der Waals surface area contributed by atoms with Crippen LogP contribution in [0.3, 0.4) is 0 Å². The van der Waals surface area contributed by atoms with Gasteiger partial charge in [-0.2, -0.15) is 0 Å². The minimum Gasteiger partial charge on any atom is -0.494 e. The summed E-state index contributed by atoms with van der Waals surface area (Å²) in [5.74, 6) is 1.26. The second kappa shape index (κ2) is 11.9. The molecule has 0 aromatic heterocycles. The van der Waals surface area contributed by atoms with Crippen LogP contribution in [0.4, 0.5) is 5.69 Å². The molecule has 41 heavy (non-hydrogen) atoms. The van der Waals surface area contributed by atoms with Gasteiger partial charge in [-0.05, 0) is 80.6 Å². The van der Waals surface area contributed by atoms with E-state index in [1.807, 2.05) is 87.5 Å². The minimum absolute atomic E-state index is 0.0190. The molecule has 1 heterocycles. The smallest absolute Gasteiger partial charge is 0.254 e. The quantitative estimate of drug-likeness (QED) is 0.336. The van der Waals surface area contributed by atoms with Gasteiger partial charge in [-0.3, -0.25) is 9.59 Å². The third-order valence-electron chi connectivity index (χ3n) is 7.79. The Labute approximate surface area is 241 Å². The summed E-state index contributed by atoms with van der Waals surface area (Å²) in [6.07, 6.45) is 0.962. The van der Waals surface area contributed by atoms with Gasteiger partial charge in [0.1, 0.15) is 5.75 Å². The molecule has 0 bridgehead atoms. The molecule has 0 radical (unpaired) electrons. The van der Waals surface area contributed by atoms with Gasteiger partial charge in [-0.25, -0.2) is 0 Å². The molecule has 1 aliphatic heterocycles. The number of hydrogen-bond acceptors (Lipinski definition) is 6. The molecule has 5 rings (SSSR count). The van der Waals surface area contributed by atoms with Crippen LogP contribution < -0.4 is 24.8 Å². The fourth-order valence-corrected chi connectivity index (χ4v) is 5.77. The van der Waals surface area contributed by atoms with E-state index in [-0.39, 0.29) is 17.6 Å². The Morgan fingerprint density at radius 2 is 1.59 bits per heavy atom. The number of carbonyl (C=O) groups is 2. The summed E-state index contributed by atoms with van der Waals surface area (Å²) in [5.41, 5.74) is 6.45. The molecule has 1 aliphatic carbocycles. The van der Waals surface area contributed by atoms with Crippen molar-refractivity contribution in [3.05, 3.63) is 106 Å². The van der Waals surface area contributed by atoms with Crippen LogP contribution in [0.5, 0.6) is 17.2 Å². The molecule has 212 valence electrons. The maximum atomic E-state index is 14.0. The second-order valence-corrected chi connectivity index (χ2v) is 10.5. The van der Waals surface area contributed by atoms with Crippen molar-refractivity contribution in [2.75, 3.05) is 26.1 Å². The van der Waals surface area contributed by atoms with Crippen LogP contribution in [0.15, 0.2) is 89.3 Å². The Balaban J connectivity index is 1.53. The first-order chi connectivity index (χ1) is 19.8. The predicted molar refractivity (Wildman–Crippen MR) is 160 cm³/mol. The zero-order valence-electron chi connectivity index (χ0n) is 24.2. The number of aryl methyl sites for hydroxylation is 1. The van der Waals surface area contributed by atoms with Crippen LogP contribution in [0.1, 0.15) is 55.2 Å². The lowest BCUT2D eigenvalue weighted by Gasteiger charge is -2.37. The number of methoxy groups -OCH3 is 2. The molecule has 0 unspecified atom stereocenters. The van der Waals surface area contributed by atoms with Gasteiger partial charge in [0.2, 0.25) is 0 Å². The molecule has 7 nitrogen and oxygen atoms in total. The van der Waals surface area contributed by atoms with E-state index >= 15 is 0 Å². The Hall–Kier alpha value is -4.52. The van der Waals surface area contributed by atoms with Crippen molar-refractivity contribution in [1.82, 2.24) is 5.32 Å². The van der Waals surface area contributed by atoms with E-state index in [1.165, 1.54) is 0 Å². The van der Waals surface area contributed by atoms with Crippen molar-refractivity contribution in [3.63, 3.8) is 0 Å². The number of benzene rings is 3. The van der Waals surface area contributed by atoms with Crippen molar-refractivity contribution >= 4 is 17.4 Å². The van der Waals surface area contributed by atoms with Crippen LogP contribution >= 0.6 is 0 Å². The largest absolute Gasteiger partial charge is 0.494 e. The lowest BCUT2D eigenvalue weighted by Crippen LogP contribution is -2.37. The van der Waals surface area contributed by atoms with Gasteiger partial charge in [0.25, 0.3) is 5.91 Å². The number of rotatable bonds is 8. The highest BCUT2D eigenvalue weighted by Crippen LogP contribution is 2.46. The zero-order chi connectivity index (χ0) is 29.1. The van der Waals surface area contributed by atoms with Gasteiger partial charge >= 0.3 is 0 Å². The van der Waals surface area contributed by atoms with E-state index in [2.05, 4.69) is 10.6 Å². The summed E-state index contributed by atoms with van der Waals surface area (Å²) in [6, 6.07) is 21.2. The summed E-state index contributed by atoms with van der Waals surface area (Å²) in [6.45, 7) is 6.40. The highest BCUT2D eigenvalue weighted by Gasteiger charge is 2.41. The third-order valence-corrected chi connectivity index (χ3v) is 7.79. The standard InChI is InChI=1S/C34H36N2O5/c1-6-41-26-14-9-22(10-15-26)32-31(34(38)36-25-12-7-20(2)8-13-25)21(3)35-27-17-24(18-28(37)33(27)32)23-11-16-29(39-4)30(19-23)40-5/h7-16,19,24,32,35H,6,17-18H2,1-5H3,(H,36,38)/t24-,32-/m0/s1. The van der Waals surface area contributed by atoms with Gasteiger partial charge in [0.05, 0.1) is 20.8 Å². The van der Waals surface area contributed by atoms with Gasteiger partial charge in [-0.1, -0.05) is 35.9 Å². The SMILES string of the molecule is CCOc1ccc([C@H]2C(C(=O)Nc3ccc(C)cc3)=C(C)NC3=C2C(=O)C[C@@H](c2ccc(OC)c(OC)c2)C3)cc1. The van der Waals surface area contributed by atoms with E-state index in [0.717, 1.165) is 33.8 Å². The number of allylic oxidation sites excluding steroid dienone is 3. The lowest BCUT2D eigenvalue weighted by molar-refractivity contribution is -0.116. The predicted octanol–water partition coefficient (Wildman–Crippen LogP) is 6.41. The number of anilines is 1. The van der Waals surface area contributed by atoms with E-state index in [1.54, 1.807) is 14.2 Å². The summed E-state index contributed by atoms with van der Waals surface area (Å²) in [4.78, 5) is 27.8. The van der Waals surface area contributed by atoms with E-state index < -0.39 is 5.92 Å². The molecule has 3 aromatic rings. The van der Waals surface area contributed by atoms with Crippen LogP contribution in [-0.2, 0) is 9.59 Å². The highest BCUT2D eigenvalue weighted by molar-refractivity contribution is 6.10. The van der Waals surface area contributed by atoms with Crippen LogP contribution in [0.25, 0.3) is 0 Å². The highest BCUT2D eigenvalue weighted by atomic mass is 16.5. The summed E-state index contributed by atoms with van der Waals surface area (Å²) >= 11 is 0. The molecule has 0 fully saturated rings. The maximum Gasteiger partial charge on any atom is 0.254 e. The number of ketones is 1. The number of amides is 1. The van der Waals surface area contributed by atoms with E-state index in [4.69, 9.17) is 14.2 Å². The molecule has 7 heteroatoms. The normalized spacial score (nSPS) is 18.4. The molecule has 0 spiro atoms. The molecular formula is C34H36N2O5. The fraction of sp³-hybridized carbons (Fsp3) is 0.294. The van der Waals surface area contributed by atoms with Crippen LogP contribution in [-0.4, -0.2) is 32.5 Å². The zero-order valence-corrected chi connectivity index (χ0v) is 24.2. The molecule has 0 saturated heterocycles. The molecule has 3 aromatic carbocycles. The number of nitrogens with one attached hydrogen (secondary N) is 2. The number of dihydropyridines is 1. The molecule has 1 amide bonds. The first-order valence-electron chi connectivity index (χ1n) is 13.9. The summed E-state index contributed by atoms with van der Waals surface area (Å²) in [7, 11) is 3.21. The van der Waals surface area contributed by atoms with Gasteiger partial charge < -0.3 is 24.8 Å². The third kappa shape index (κ3) is 5.71. The van der Waals surface area contributed by atoms with Crippen LogP contribution in [0, 0.1) is 6.92 Å².